The van der Waals surface area contributed by atoms with Crippen LogP contribution in [0.1, 0.15) is 11.4 Å². The monoisotopic (exact) mass is 303 g/mol. The number of H-pyrrole nitrogens is 1. The molecule has 1 rings (SSSR count). The van der Waals surface area contributed by atoms with Crippen LogP contribution < -0.4 is 0 Å². The minimum atomic E-state index is -4.93. The van der Waals surface area contributed by atoms with E-state index in [0.29, 0.717) is 0 Å². The van der Waals surface area contributed by atoms with Crippen LogP contribution in [0.2, 0.25) is 0 Å². The van der Waals surface area contributed by atoms with Gasteiger partial charge in [0, 0.05) is 51.4 Å². The maximum Gasteiger partial charge on any atom is 0.403 e. The van der Waals surface area contributed by atoms with Gasteiger partial charge < -0.3 is 4.98 Å². The number of hydrogen-bond acceptors (Lipinski definition) is 5. The Bertz CT molecular complexity index is 591. The van der Waals surface area contributed by atoms with E-state index < -0.39 is 38.3 Å². The van der Waals surface area contributed by atoms with Crippen molar-refractivity contribution in [2.45, 2.75) is 11.3 Å². The van der Waals surface area contributed by atoms with Crippen LogP contribution in [-0.2, 0) is 9.84 Å². The molecular formula is C7H3F3KN4O2S. The van der Waals surface area contributed by atoms with E-state index in [1.54, 1.807) is 0 Å². The zero-order chi connectivity index (χ0) is 13.3. The minimum Gasteiger partial charge on any atom is -0.319 e. The molecular weight excluding hydrogens is 300 g/mol. The number of nitriles is 2. The molecule has 0 spiro atoms. The normalized spacial score (nSPS) is 11.2. The molecule has 0 aliphatic rings. The number of rotatable bonds is 2. The average molecular weight is 303 g/mol. The summed E-state index contributed by atoms with van der Waals surface area (Å²) in [7, 11) is -4.73. The van der Waals surface area contributed by atoms with E-state index >= 15 is 0 Å². The molecule has 1 aromatic rings. The summed E-state index contributed by atoms with van der Waals surface area (Å²) in [5.41, 5.74) is -1.05. The Kier molecular flexibility index (Phi) is 5.99. The molecule has 0 saturated carbocycles. The fourth-order valence-corrected chi connectivity index (χ4v) is 2.00. The van der Waals surface area contributed by atoms with Crippen molar-refractivity contribution in [3.8, 4) is 12.1 Å². The van der Waals surface area contributed by atoms with Gasteiger partial charge in [0.15, 0.2) is 17.1 Å². The fourth-order valence-electron chi connectivity index (χ4n) is 0.944. The van der Waals surface area contributed by atoms with Crippen LogP contribution in [0.15, 0.2) is 5.16 Å². The first-order valence-corrected chi connectivity index (χ1v) is 5.54. The van der Waals surface area contributed by atoms with Gasteiger partial charge in [0.2, 0.25) is 15.0 Å². The molecule has 0 fully saturated rings. The summed E-state index contributed by atoms with van der Waals surface area (Å²) >= 11 is 0. The average Bonchev–Trinajstić information content (AvgIpc) is 2.57. The topological polar surface area (TPSA) is 110 Å². The van der Waals surface area contributed by atoms with Gasteiger partial charge in [-0.1, -0.05) is 0 Å². The number of aromatic nitrogens is 2. The van der Waals surface area contributed by atoms with Gasteiger partial charge in [-0.15, -0.1) is 0 Å². The van der Waals surface area contributed by atoms with Crippen molar-refractivity contribution in [3.05, 3.63) is 11.4 Å². The van der Waals surface area contributed by atoms with Crippen molar-refractivity contribution in [1.82, 2.24) is 9.97 Å². The molecule has 1 N–H and O–H groups in total. The van der Waals surface area contributed by atoms with E-state index in [-0.39, 0.29) is 51.4 Å². The second-order valence-corrected chi connectivity index (χ2v) is 4.77. The number of aromatic amines is 1. The van der Waals surface area contributed by atoms with Crippen molar-refractivity contribution < 1.29 is 21.6 Å². The molecule has 0 aliphatic heterocycles. The second kappa shape index (κ2) is 6.14. The molecule has 91 valence electrons. The van der Waals surface area contributed by atoms with Gasteiger partial charge in [0.05, 0.1) is 0 Å². The minimum absolute atomic E-state index is 0. The number of imidazole rings is 1. The first-order valence-electron chi connectivity index (χ1n) is 3.89. The van der Waals surface area contributed by atoms with Crippen LogP contribution in [-0.4, -0.2) is 81.7 Å². The van der Waals surface area contributed by atoms with Crippen LogP contribution in [0, 0.1) is 22.7 Å². The standard InChI is InChI=1S/C7H3F3N4O2S.K/c8-7(9,10)3-17(15,16)6-13-4(1-11)5(2-12)14-6;/h3H2,(H,13,14);. The van der Waals surface area contributed by atoms with Gasteiger partial charge >= 0.3 is 6.18 Å². The van der Waals surface area contributed by atoms with Crippen molar-refractivity contribution in [3.63, 3.8) is 0 Å². The van der Waals surface area contributed by atoms with E-state index in [9.17, 15) is 21.6 Å². The molecule has 1 heterocycles. The first kappa shape index (κ1) is 17.6. The maximum absolute atomic E-state index is 12.0. The first-order chi connectivity index (χ1) is 7.69. The van der Waals surface area contributed by atoms with E-state index in [4.69, 9.17) is 10.5 Å². The van der Waals surface area contributed by atoms with Gasteiger partial charge in [-0.2, -0.15) is 23.7 Å². The Balaban J connectivity index is 0.00000289. The molecule has 0 bridgehead atoms. The Morgan fingerprint density at radius 2 is 1.83 bits per heavy atom. The summed E-state index contributed by atoms with van der Waals surface area (Å²) in [4.78, 5) is 4.99. The third-order valence-electron chi connectivity index (χ3n) is 1.55. The van der Waals surface area contributed by atoms with Crippen molar-refractivity contribution >= 4 is 61.2 Å². The maximum atomic E-state index is 12.0. The molecule has 1 aromatic heterocycles. The van der Waals surface area contributed by atoms with Crippen molar-refractivity contribution in [2.24, 2.45) is 0 Å². The molecule has 18 heavy (non-hydrogen) atoms. The molecule has 0 amide bonds. The zero-order valence-electron chi connectivity index (χ0n) is 8.91. The summed E-state index contributed by atoms with van der Waals surface area (Å²) in [6.45, 7) is 0. The smallest absolute Gasteiger partial charge is 0.319 e. The number of nitrogens with zero attached hydrogens (tertiary/aromatic N) is 3. The number of alkyl halides is 3. The van der Waals surface area contributed by atoms with Gasteiger partial charge in [0.25, 0.3) is 0 Å². The Morgan fingerprint density at radius 1 is 1.28 bits per heavy atom. The van der Waals surface area contributed by atoms with Crippen LogP contribution in [0.4, 0.5) is 13.2 Å². The predicted molar refractivity (Wildman–Crippen MR) is 51.9 cm³/mol. The van der Waals surface area contributed by atoms with Gasteiger partial charge in [-0.25, -0.2) is 13.4 Å². The van der Waals surface area contributed by atoms with Crippen molar-refractivity contribution in [2.75, 3.05) is 5.75 Å². The van der Waals surface area contributed by atoms with Crippen molar-refractivity contribution in [1.29, 1.82) is 10.5 Å². The fraction of sp³-hybridized carbons (Fsp3) is 0.286. The largest absolute Gasteiger partial charge is 0.403 e. The van der Waals surface area contributed by atoms with Crippen LogP contribution in [0.5, 0.6) is 0 Å². The summed E-state index contributed by atoms with van der Waals surface area (Å²) < 4.78 is 58.3. The SMILES string of the molecule is N#Cc1nc(S(=O)(=O)CC(F)(F)F)[nH]c1C#N.[K]. The molecule has 6 nitrogen and oxygen atoms in total. The zero-order valence-corrected chi connectivity index (χ0v) is 12.8. The summed E-state index contributed by atoms with van der Waals surface area (Å²) in [6.07, 6.45) is -4.93. The van der Waals surface area contributed by atoms with E-state index in [2.05, 4.69) is 4.98 Å². The third kappa shape index (κ3) is 4.35. The molecule has 0 unspecified atom stereocenters. The summed E-state index contributed by atoms with van der Waals surface area (Å²) in [6, 6.07) is 2.81. The van der Waals surface area contributed by atoms with Gasteiger partial charge in [-0.05, 0) is 0 Å². The molecule has 0 saturated heterocycles. The summed E-state index contributed by atoms with van der Waals surface area (Å²) in [5, 5.41) is 15.9. The Hall–Kier alpha value is -0.434. The summed E-state index contributed by atoms with van der Waals surface area (Å²) in [5.74, 6) is -2.11. The van der Waals surface area contributed by atoms with E-state index in [0.717, 1.165) is 0 Å². The number of sulfone groups is 1. The second-order valence-electron chi connectivity index (χ2n) is 2.86. The Morgan fingerprint density at radius 3 is 2.17 bits per heavy atom. The van der Waals surface area contributed by atoms with Gasteiger partial charge in [0.1, 0.15) is 12.1 Å². The Labute approximate surface area is 142 Å². The van der Waals surface area contributed by atoms with E-state index in [1.807, 2.05) is 4.98 Å². The molecule has 0 aromatic carbocycles. The molecule has 0 aliphatic carbocycles. The quantitative estimate of drug-likeness (QED) is 0.779. The van der Waals surface area contributed by atoms with Gasteiger partial charge in [-0.3, -0.25) is 0 Å². The molecule has 0 atom stereocenters. The van der Waals surface area contributed by atoms with Crippen LogP contribution in [0.3, 0.4) is 0 Å². The molecule has 1 radical (unpaired) electrons. The van der Waals surface area contributed by atoms with Crippen LogP contribution >= 0.6 is 0 Å². The number of halogens is 3. The number of nitrogens with one attached hydrogen (secondary N) is 1. The number of hydrogen-bond donors (Lipinski definition) is 1. The predicted octanol–water partition coefficient (Wildman–Crippen LogP) is 0.108. The van der Waals surface area contributed by atoms with Crippen LogP contribution in [0.25, 0.3) is 0 Å². The third-order valence-corrected chi connectivity index (χ3v) is 3.04. The molecule has 11 heteroatoms. The van der Waals surface area contributed by atoms with E-state index in [1.165, 1.54) is 12.1 Å².